The highest BCUT2D eigenvalue weighted by Crippen LogP contribution is 2.33. The molecule has 0 radical (unpaired) electrons. The Labute approximate surface area is 99.7 Å². The van der Waals surface area contributed by atoms with Gasteiger partial charge in [-0.05, 0) is 12.5 Å². The van der Waals surface area contributed by atoms with Gasteiger partial charge in [0.25, 0.3) is 0 Å². The van der Waals surface area contributed by atoms with Crippen molar-refractivity contribution >= 4 is 13.3 Å². The van der Waals surface area contributed by atoms with Gasteiger partial charge in [-0.2, -0.15) is 0 Å². The third-order valence-corrected chi connectivity index (χ3v) is 8.86. The third-order valence-electron chi connectivity index (χ3n) is 3.91. The van der Waals surface area contributed by atoms with Crippen molar-refractivity contribution in [1.29, 1.82) is 0 Å². The zero-order chi connectivity index (χ0) is 11.6. The smallest absolute Gasteiger partial charge is 0.0797 e. The molecule has 2 rings (SSSR count). The second kappa shape index (κ2) is 4.42. The Morgan fingerprint density at radius 1 is 1.19 bits per heavy atom. The van der Waals surface area contributed by atoms with Crippen molar-refractivity contribution in [3.63, 3.8) is 0 Å². The highest BCUT2D eigenvalue weighted by molar-refractivity contribution is 6.92. The van der Waals surface area contributed by atoms with E-state index < -0.39 is 8.07 Å². The Hall–Kier alpha value is -1.08. The molecule has 0 heterocycles. The van der Waals surface area contributed by atoms with Crippen LogP contribution in [0.5, 0.6) is 0 Å². The van der Waals surface area contributed by atoms with Gasteiger partial charge in [0.05, 0.1) is 8.07 Å². The van der Waals surface area contributed by atoms with Gasteiger partial charge in [0, 0.05) is 0 Å². The molecule has 0 nitrogen and oxygen atoms in total. The lowest BCUT2D eigenvalue weighted by Gasteiger charge is -2.31. The maximum Gasteiger partial charge on any atom is 0.0939 e. The van der Waals surface area contributed by atoms with Crippen LogP contribution in [0.3, 0.4) is 0 Å². The van der Waals surface area contributed by atoms with E-state index in [0.29, 0.717) is 5.54 Å². The minimum Gasteiger partial charge on any atom is -0.0797 e. The van der Waals surface area contributed by atoms with Gasteiger partial charge in [0.2, 0.25) is 0 Å². The van der Waals surface area contributed by atoms with E-state index in [0.717, 1.165) is 0 Å². The molecule has 1 heteroatoms. The lowest BCUT2D eigenvalue weighted by atomic mass is 10.3. The summed E-state index contributed by atoms with van der Waals surface area (Å²) < 4.78 is 0. The Morgan fingerprint density at radius 2 is 1.88 bits per heavy atom. The minimum atomic E-state index is -1.37. The van der Waals surface area contributed by atoms with Gasteiger partial charge in [-0.25, -0.2) is 0 Å². The standard InChI is InChI=1S/C15H20Si/c1-4-16(3,14-8-6-5-7-9-14)15-11-10-13(2)12-15/h5-12,15H,4H2,1-3H3. The first-order chi connectivity index (χ1) is 7.66. The molecule has 0 amide bonds. The monoisotopic (exact) mass is 228 g/mol. The molecule has 0 aliphatic heterocycles. The normalized spacial score (nSPS) is 22.9. The van der Waals surface area contributed by atoms with E-state index in [2.05, 4.69) is 69.0 Å². The SMILES string of the molecule is CC[Si](C)(c1ccccc1)C1C=CC(C)=C1. The lowest BCUT2D eigenvalue weighted by Crippen LogP contribution is -2.47. The quantitative estimate of drug-likeness (QED) is 0.689. The molecule has 0 saturated heterocycles. The minimum absolute atomic E-state index is 0.680. The molecule has 1 aromatic rings. The molecule has 0 bridgehead atoms. The Morgan fingerprint density at radius 3 is 2.38 bits per heavy atom. The molecule has 0 spiro atoms. The fourth-order valence-corrected chi connectivity index (χ4v) is 5.87. The van der Waals surface area contributed by atoms with E-state index in [9.17, 15) is 0 Å². The molecule has 0 aromatic heterocycles. The maximum absolute atomic E-state index is 2.51. The van der Waals surface area contributed by atoms with Crippen molar-refractivity contribution in [2.24, 2.45) is 0 Å². The van der Waals surface area contributed by atoms with Crippen LogP contribution >= 0.6 is 0 Å². The molecule has 1 aliphatic rings. The highest BCUT2D eigenvalue weighted by Gasteiger charge is 2.34. The molecule has 2 unspecified atom stereocenters. The summed E-state index contributed by atoms with van der Waals surface area (Å²) in [4.78, 5) is 0. The number of rotatable bonds is 3. The van der Waals surface area contributed by atoms with E-state index in [4.69, 9.17) is 0 Å². The van der Waals surface area contributed by atoms with E-state index >= 15 is 0 Å². The summed E-state index contributed by atoms with van der Waals surface area (Å²) in [5.41, 5.74) is 2.10. The van der Waals surface area contributed by atoms with Crippen LogP contribution in [0, 0.1) is 0 Å². The first-order valence-electron chi connectivity index (χ1n) is 6.09. The fraction of sp³-hybridized carbons (Fsp3) is 0.333. The van der Waals surface area contributed by atoms with Crippen molar-refractivity contribution in [3.8, 4) is 0 Å². The van der Waals surface area contributed by atoms with Gasteiger partial charge >= 0.3 is 0 Å². The second-order valence-electron chi connectivity index (χ2n) is 4.93. The largest absolute Gasteiger partial charge is 0.0939 e. The summed E-state index contributed by atoms with van der Waals surface area (Å²) in [5.74, 6) is 0. The summed E-state index contributed by atoms with van der Waals surface area (Å²) in [7, 11) is -1.37. The van der Waals surface area contributed by atoms with Gasteiger partial charge in [-0.1, -0.05) is 78.8 Å². The first kappa shape index (κ1) is 11.4. The molecule has 2 atom stereocenters. The van der Waals surface area contributed by atoms with Crippen LogP contribution in [0.4, 0.5) is 0 Å². The highest BCUT2D eigenvalue weighted by atomic mass is 28.3. The van der Waals surface area contributed by atoms with Crippen molar-refractivity contribution in [3.05, 3.63) is 54.1 Å². The number of hydrogen-bond acceptors (Lipinski definition) is 0. The van der Waals surface area contributed by atoms with Crippen molar-refractivity contribution in [2.75, 3.05) is 0 Å². The lowest BCUT2D eigenvalue weighted by molar-refractivity contribution is 1.22. The maximum atomic E-state index is 2.51. The van der Waals surface area contributed by atoms with E-state index in [1.807, 2.05) is 0 Å². The van der Waals surface area contributed by atoms with Crippen LogP contribution in [0.2, 0.25) is 18.1 Å². The molecule has 0 N–H and O–H groups in total. The van der Waals surface area contributed by atoms with Gasteiger partial charge in [-0.15, -0.1) is 0 Å². The number of allylic oxidation sites excluding steroid dienone is 4. The van der Waals surface area contributed by atoms with Gasteiger partial charge < -0.3 is 0 Å². The number of benzene rings is 1. The molecule has 0 saturated carbocycles. The van der Waals surface area contributed by atoms with Crippen LogP contribution in [0.25, 0.3) is 0 Å². The van der Waals surface area contributed by atoms with E-state index in [-0.39, 0.29) is 0 Å². The average Bonchev–Trinajstić information content (AvgIpc) is 2.76. The zero-order valence-electron chi connectivity index (χ0n) is 10.4. The fourth-order valence-electron chi connectivity index (χ4n) is 2.50. The summed E-state index contributed by atoms with van der Waals surface area (Å²) in [6.07, 6.45) is 7.12. The topological polar surface area (TPSA) is 0 Å². The van der Waals surface area contributed by atoms with Crippen molar-refractivity contribution in [1.82, 2.24) is 0 Å². The molecular formula is C15H20Si. The van der Waals surface area contributed by atoms with Crippen LogP contribution in [-0.4, -0.2) is 8.07 Å². The molecular weight excluding hydrogens is 208 g/mol. The van der Waals surface area contributed by atoms with Gasteiger partial charge in [0.15, 0.2) is 0 Å². The Bertz CT molecular complexity index is 416. The molecule has 0 fully saturated rings. The Balaban J connectivity index is 2.37. The molecule has 1 aliphatic carbocycles. The summed E-state index contributed by atoms with van der Waals surface area (Å²) in [6, 6.07) is 12.4. The van der Waals surface area contributed by atoms with Crippen LogP contribution in [0.15, 0.2) is 54.1 Å². The zero-order valence-corrected chi connectivity index (χ0v) is 11.4. The van der Waals surface area contributed by atoms with Crippen LogP contribution in [-0.2, 0) is 0 Å². The average molecular weight is 228 g/mol. The summed E-state index contributed by atoms with van der Waals surface area (Å²) in [5, 5.41) is 1.58. The Kier molecular flexibility index (Phi) is 3.15. The predicted octanol–water partition coefficient (Wildman–Crippen LogP) is 3.88. The number of hydrogen-bond donors (Lipinski definition) is 0. The molecule has 1 aromatic carbocycles. The first-order valence-corrected chi connectivity index (χ1v) is 8.87. The predicted molar refractivity (Wildman–Crippen MR) is 74.8 cm³/mol. The van der Waals surface area contributed by atoms with E-state index in [1.165, 1.54) is 11.6 Å². The van der Waals surface area contributed by atoms with Crippen molar-refractivity contribution in [2.45, 2.75) is 32.0 Å². The third kappa shape index (κ3) is 1.92. The summed E-state index contributed by atoms with van der Waals surface area (Å²) in [6.45, 7) is 7.05. The van der Waals surface area contributed by atoms with Gasteiger partial charge in [0.1, 0.15) is 0 Å². The van der Waals surface area contributed by atoms with Crippen molar-refractivity contribution < 1.29 is 0 Å². The van der Waals surface area contributed by atoms with Crippen LogP contribution < -0.4 is 5.19 Å². The molecule has 84 valence electrons. The van der Waals surface area contributed by atoms with Crippen LogP contribution in [0.1, 0.15) is 13.8 Å². The van der Waals surface area contributed by atoms with E-state index in [1.54, 1.807) is 5.19 Å². The molecule has 16 heavy (non-hydrogen) atoms. The summed E-state index contributed by atoms with van der Waals surface area (Å²) >= 11 is 0. The second-order valence-corrected chi connectivity index (χ2v) is 9.72. The van der Waals surface area contributed by atoms with Gasteiger partial charge in [-0.3, -0.25) is 0 Å².